The monoisotopic (exact) mass is 496 g/mol. The summed E-state index contributed by atoms with van der Waals surface area (Å²) in [6.07, 6.45) is -1.05. The summed E-state index contributed by atoms with van der Waals surface area (Å²) in [7, 11) is 1.47. The zero-order chi connectivity index (χ0) is 25.4. The molecular weight excluding hydrogens is 472 g/mol. The predicted molar refractivity (Wildman–Crippen MR) is 133 cm³/mol. The smallest absolute Gasteiger partial charge is 0.339 e. The summed E-state index contributed by atoms with van der Waals surface area (Å²) < 4.78 is 16.5. The second-order valence-corrected chi connectivity index (χ2v) is 8.01. The molecule has 35 heavy (non-hydrogen) atoms. The molecule has 182 valence electrons. The van der Waals surface area contributed by atoms with E-state index in [1.165, 1.54) is 33.1 Å². The van der Waals surface area contributed by atoms with E-state index in [2.05, 4.69) is 10.6 Å². The van der Waals surface area contributed by atoms with Crippen LogP contribution in [0.4, 0.5) is 11.4 Å². The molecule has 0 aliphatic heterocycles. The number of ether oxygens (including phenoxy) is 3. The summed E-state index contributed by atoms with van der Waals surface area (Å²) in [5.41, 5.74) is 2.23. The number of methoxy groups -OCH3 is 1. The molecule has 0 bridgehead atoms. The summed E-state index contributed by atoms with van der Waals surface area (Å²) >= 11 is 5.90. The van der Waals surface area contributed by atoms with E-state index in [0.29, 0.717) is 34.5 Å². The largest absolute Gasteiger partial charge is 0.493 e. The molecule has 2 N–H and O–H groups in total. The Hall–Kier alpha value is -4.04. The van der Waals surface area contributed by atoms with Gasteiger partial charge in [0, 0.05) is 23.3 Å². The van der Waals surface area contributed by atoms with E-state index < -0.39 is 18.0 Å². The molecular formula is C26H25ClN2O6. The summed E-state index contributed by atoms with van der Waals surface area (Å²) in [6, 6.07) is 18.4. The second kappa shape index (κ2) is 11.9. The molecule has 0 spiro atoms. The maximum Gasteiger partial charge on any atom is 0.339 e. The van der Waals surface area contributed by atoms with Crippen LogP contribution in [-0.2, 0) is 20.9 Å². The zero-order valence-corrected chi connectivity index (χ0v) is 20.2. The number of anilines is 2. The summed E-state index contributed by atoms with van der Waals surface area (Å²) in [4.78, 5) is 36.1. The van der Waals surface area contributed by atoms with Crippen LogP contribution in [0.2, 0.25) is 5.02 Å². The van der Waals surface area contributed by atoms with Crippen LogP contribution in [0.25, 0.3) is 0 Å². The van der Waals surface area contributed by atoms with E-state index in [4.69, 9.17) is 25.8 Å². The number of carbonyl (C=O) groups excluding carboxylic acids is 3. The van der Waals surface area contributed by atoms with Crippen molar-refractivity contribution in [2.24, 2.45) is 0 Å². The molecule has 3 rings (SSSR count). The average molecular weight is 497 g/mol. The van der Waals surface area contributed by atoms with Gasteiger partial charge in [0.2, 0.25) is 5.91 Å². The highest BCUT2D eigenvalue weighted by molar-refractivity contribution is 6.30. The molecule has 0 aliphatic rings. The number of amides is 2. The van der Waals surface area contributed by atoms with Crippen molar-refractivity contribution in [1.29, 1.82) is 0 Å². The molecule has 0 fully saturated rings. The Bertz CT molecular complexity index is 1200. The van der Waals surface area contributed by atoms with Crippen LogP contribution in [0, 0.1) is 0 Å². The Morgan fingerprint density at radius 2 is 1.51 bits per heavy atom. The van der Waals surface area contributed by atoms with Gasteiger partial charge in [-0.1, -0.05) is 23.7 Å². The van der Waals surface area contributed by atoms with Gasteiger partial charge in [0.1, 0.15) is 6.61 Å². The fraction of sp³-hybridized carbons (Fsp3) is 0.192. The van der Waals surface area contributed by atoms with Gasteiger partial charge in [0.15, 0.2) is 17.6 Å². The Balaban J connectivity index is 1.58. The standard InChI is InChI=1S/C26H25ClN2O6/c1-16(25(31)29-22-11-9-21(10-12-22)28-17(2)30)35-26(32)19-6-13-23(24(14-19)33-3)34-15-18-4-7-20(27)8-5-18/h4-14,16H,15H2,1-3H3,(H,28,30)(H,29,31). The van der Waals surface area contributed by atoms with Gasteiger partial charge in [0.25, 0.3) is 5.91 Å². The molecule has 0 radical (unpaired) electrons. The van der Waals surface area contributed by atoms with Crippen LogP contribution in [0.5, 0.6) is 11.5 Å². The lowest BCUT2D eigenvalue weighted by atomic mass is 10.2. The highest BCUT2D eigenvalue weighted by atomic mass is 35.5. The molecule has 3 aromatic rings. The van der Waals surface area contributed by atoms with E-state index >= 15 is 0 Å². The third-order valence-corrected chi connectivity index (χ3v) is 5.08. The van der Waals surface area contributed by atoms with Gasteiger partial charge in [-0.05, 0) is 67.1 Å². The topological polar surface area (TPSA) is 103 Å². The third kappa shape index (κ3) is 7.48. The predicted octanol–water partition coefficient (Wildman–Crippen LogP) is 5.07. The Kier molecular flexibility index (Phi) is 8.69. The number of hydrogen-bond acceptors (Lipinski definition) is 6. The van der Waals surface area contributed by atoms with Crippen molar-refractivity contribution in [3.8, 4) is 11.5 Å². The van der Waals surface area contributed by atoms with Gasteiger partial charge < -0.3 is 24.8 Å². The second-order valence-electron chi connectivity index (χ2n) is 7.58. The van der Waals surface area contributed by atoms with Crippen molar-refractivity contribution >= 4 is 40.8 Å². The van der Waals surface area contributed by atoms with Crippen molar-refractivity contribution in [2.45, 2.75) is 26.6 Å². The highest BCUT2D eigenvalue weighted by Gasteiger charge is 2.20. The molecule has 8 nitrogen and oxygen atoms in total. The number of carbonyl (C=O) groups is 3. The molecule has 0 saturated heterocycles. The molecule has 2 amide bonds. The van der Waals surface area contributed by atoms with Crippen molar-refractivity contribution < 1.29 is 28.6 Å². The number of esters is 1. The van der Waals surface area contributed by atoms with E-state index in [9.17, 15) is 14.4 Å². The Morgan fingerprint density at radius 3 is 2.11 bits per heavy atom. The van der Waals surface area contributed by atoms with E-state index in [-0.39, 0.29) is 11.5 Å². The highest BCUT2D eigenvalue weighted by Crippen LogP contribution is 2.29. The number of nitrogens with one attached hydrogen (secondary N) is 2. The number of benzene rings is 3. The van der Waals surface area contributed by atoms with Gasteiger partial charge in [-0.15, -0.1) is 0 Å². The van der Waals surface area contributed by atoms with Crippen LogP contribution in [0.15, 0.2) is 66.7 Å². The van der Waals surface area contributed by atoms with Crippen LogP contribution in [0.3, 0.4) is 0 Å². The first-order valence-corrected chi connectivity index (χ1v) is 11.1. The summed E-state index contributed by atoms with van der Waals surface area (Å²) in [5.74, 6) is -0.575. The van der Waals surface area contributed by atoms with Gasteiger partial charge in [-0.2, -0.15) is 0 Å². The van der Waals surface area contributed by atoms with Gasteiger partial charge in [-0.25, -0.2) is 4.79 Å². The summed E-state index contributed by atoms with van der Waals surface area (Å²) in [5, 5.41) is 5.94. The van der Waals surface area contributed by atoms with Gasteiger partial charge >= 0.3 is 5.97 Å². The lowest BCUT2D eigenvalue weighted by molar-refractivity contribution is -0.123. The maximum absolute atomic E-state index is 12.6. The van der Waals surface area contributed by atoms with E-state index in [0.717, 1.165) is 5.56 Å². The SMILES string of the molecule is COc1cc(C(=O)OC(C)C(=O)Nc2ccc(NC(C)=O)cc2)ccc1OCc1ccc(Cl)cc1. The lowest BCUT2D eigenvalue weighted by Gasteiger charge is -2.15. The molecule has 9 heteroatoms. The fourth-order valence-corrected chi connectivity index (χ4v) is 3.15. The Morgan fingerprint density at radius 1 is 0.886 bits per heavy atom. The van der Waals surface area contributed by atoms with E-state index in [1.54, 1.807) is 42.5 Å². The number of rotatable bonds is 9. The molecule has 0 heterocycles. The van der Waals surface area contributed by atoms with Crippen LogP contribution in [0.1, 0.15) is 29.8 Å². The average Bonchev–Trinajstić information content (AvgIpc) is 2.84. The minimum atomic E-state index is -1.05. The van der Waals surface area contributed by atoms with Gasteiger partial charge in [-0.3, -0.25) is 9.59 Å². The van der Waals surface area contributed by atoms with Gasteiger partial charge in [0.05, 0.1) is 12.7 Å². The normalized spacial score (nSPS) is 11.2. The maximum atomic E-state index is 12.6. The van der Waals surface area contributed by atoms with Crippen molar-refractivity contribution in [1.82, 2.24) is 0 Å². The zero-order valence-electron chi connectivity index (χ0n) is 19.5. The fourth-order valence-electron chi connectivity index (χ4n) is 3.02. The van der Waals surface area contributed by atoms with Crippen molar-refractivity contribution in [3.05, 3.63) is 82.9 Å². The molecule has 1 unspecified atom stereocenters. The summed E-state index contributed by atoms with van der Waals surface area (Å²) in [6.45, 7) is 3.17. The molecule has 1 atom stereocenters. The molecule has 0 aromatic heterocycles. The quantitative estimate of drug-likeness (QED) is 0.401. The first kappa shape index (κ1) is 25.6. The third-order valence-electron chi connectivity index (χ3n) is 4.83. The van der Waals surface area contributed by atoms with Crippen LogP contribution < -0.4 is 20.1 Å². The minimum absolute atomic E-state index is 0.194. The molecule has 3 aromatic carbocycles. The number of halogens is 1. The Labute approximate surface area is 208 Å². The molecule has 0 aliphatic carbocycles. The van der Waals surface area contributed by atoms with E-state index in [1.807, 2.05) is 12.1 Å². The lowest BCUT2D eigenvalue weighted by Crippen LogP contribution is -2.30. The minimum Gasteiger partial charge on any atom is -0.493 e. The first-order valence-electron chi connectivity index (χ1n) is 10.7. The first-order chi connectivity index (χ1) is 16.7. The number of hydrogen-bond donors (Lipinski definition) is 2. The van der Waals surface area contributed by atoms with Crippen LogP contribution >= 0.6 is 11.6 Å². The molecule has 0 saturated carbocycles. The van der Waals surface area contributed by atoms with Crippen LogP contribution in [-0.4, -0.2) is 31.0 Å². The van der Waals surface area contributed by atoms with Crippen molar-refractivity contribution in [3.63, 3.8) is 0 Å². The van der Waals surface area contributed by atoms with Crippen molar-refractivity contribution in [2.75, 3.05) is 17.7 Å².